The van der Waals surface area contributed by atoms with Crippen molar-refractivity contribution in [2.45, 2.75) is 135 Å². The van der Waals surface area contributed by atoms with Crippen LogP contribution in [0.25, 0.3) is 0 Å². The molecule has 2 saturated carbocycles. The van der Waals surface area contributed by atoms with Crippen LogP contribution < -0.4 is 15.9 Å². The highest BCUT2D eigenvalue weighted by atomic mass is 16.5. The number of ether oxygens (including phenoxy) is 1. The summed E-state index contributed by atoms with van der Waals surface area (Å²) in [5, 5.41) is 10.7. The minimum absolute atomic E-state index is 0.0146. The Morgan fingerprint density at radius 2 is 1.24 bits per heavy atom. The van der Waals surface area contributed by atoms with Gasteiger partial charge in [0.2, 0.25) is 11.5 Å². The number of aromatic nitrogens is 4. The second-order valence-electron chi connectivity index (χ2n) is 18.9. The lowest BCUT2D eigenvalue weighted by Gasteiger charge is -2.36. The molecule has 4 aromatic rings. The van der Waals surface area contributed by atoms with Crippen LogP contribution in [0.4, 0.5) is 0 Å². The zero-order valence-electron chi connectivity index (χ0n) is 35.7. The van der Waals surface area contributed by atoms with E-state index in [4.69, 9.17) is 9.72 Å². The van der Waals surface area contributed by atoms with Gasteiger partial charge in [0, 0.05) is 63.9 Å². The fourth-order valence-electron chi connectivity index (χ4n) is 10.7. The second-order valence-corrected chi connectivity index (χ2v) is 18.9. The van der Waals surface area contributed by atoms with Gasteiger partial charge in [0.05, 0.1) is 0 Å². The van der Waals surface area contributed by atoms with Gasteiger partial charge in [-0.05, 0) is 72.8 Å². The summed E-state index contributed by atoms with van der Waals surface area (Å²) in [5.41, 5.74) is 4.87. The number of aromatic hydroxyl groups is 1. The Morgan fingerprint density at radius 1 is 0.712 bits per heavy atom. The van der Waals surface area contributed by atoms with Crippen molar-refractivity contribution in [3.63, 3.8) is 0 Å². The molecule has 0 spiro atoms. The summed E-state index contributed by atoms with van der Waals surface area (Å²) in [4.78, 5) is 66.9. The standard InChI is InChI=1S/C47H58N6O6/c1-29-24-30(2)36(47(18-10-11-19-47)27-35-48-41(55)39(54)37-43(57)50(6)20-22-52(35)37)31(25-29)28-59-40-38-44(58)51(7)21-23-53(38)34(49-42(40)56)26-46(16-8-9-17-46)33-14-12-32(13-15-33)45(3,4)5/h12-15,24-25,54H,8-11,16-23,26-28H2,1-7H3. The summed E-state index contributed by atoms with van der Waals surface area (Å²) in [5.74, 6) is -0.212. The molecule has 12 nitrogen and oxygen atoms in total. The molecule has 4 heterocycles. The molecule has 4 aliphatic rings. The maximum absolute atomic E-state index is 14.3. The van der Waals surface area contributed by atoms with Crippen molar-refractivity contribution in [1.29, 1.82) is 0 Å². The van der Waals surface area contributed by atoms with E-state index in [2.05, 4.69) is 69.1 Å². The Hall–Kier alpha value is -5.26. The van der Waals surface area contributed by atoms with Gasteiger partial charge in [0.25, 0.3) is 11.8 Å². The van der Waals surface area contributed by atoms with Gasteiger partial charge in [-0.15, -0.1) is 0 Å². The first-order chi connectivity index (χ1) is 28.0. The molecule has 0 saturated heterocycles. The van der Waals surface area contributed by atoms with Crippen molar-refractivity contribution < 1.29 is 19.4 Å². The number of fused-ring (bicyclic) bond motifs is 2. The Morgan fingerprint density at radius 3 is 1.83 bits per heavy atom. The predicted molar refractivity (Wildman–Crippen MR) is 226 cm³/mol. The van der Waals surface area contributed by atoms with Crippen molar-refractivity contribution in [3.8, 4) is 11.5 Å². The zero-order valence-corrected chi connectivity index (χ0v) is 35.7. The Kier molecular flexibility index (Phi) is 10.4. The molecular formula is C47H58N6O6. The molecule has 1 N–H and O–H groups in total. The van der Waals surface area contributed by atoms with Gasteiger partial charge in [0.1, 0.15) is 18.3 Å². The second kappa shape index (κ2) is 15.1. The first kappa shape index (κ1) is 40.5. The molecule has 0 bridgehead atoms. The lowest BCUT2D eigenvalue weighted by Crippen LogP contribution is -2.42. The molecule has 59 heavy (non-hydrogen) atoms. The van der Waals surface area contributed by atoms with Gasteiger partial charge in [-0.3, -0.25) is 19.2 Å². The molecule has 0 radical (unpaired) electrons. The van der Waals surface area contributed by atoms with E-state index in [9.17, 15) is 24.3 Å². The third-order valence-corrected chi connectivity index (χ3v) is 13.8. The van der Waals surface area contributed by atoms with Crippen LogP contribution in [0.5, 0.6) is 11.5 Å². The molecule has 12 heteroatoms. The molecule has 2 aliphatic carbocycles. The van der Waals surface area contributed by atoms with E-state index in [-0.39, 0.29) is 40.5 Å². The summed E-state index contributed by atoms with van der Waals surface area (Å²) >= 11 is 0. The van der Waals surface area contributed by atoms with Crippen molar-refractivity contribution >= 4 is 11.8 Å². The summed E-state index contributed by atoms with van der Waals surface area (Å²) in [6.07, 6.45) is 8.69. The average Bonchev–Trinajstić information content (AvgIpc) is 3.86. The monoisotopic (exact) mass is 802 g/mol. The number of benzene rings is 2. The van der Waals surface area contributed by atoms with Crippen LogP contribution in [-0.4, -0.2) is 73.0 Å². The minimum Gasteiger partial charge on any atom is -0.501 e. The molecule has 0 atom stereocenters. The maximum Gasteiger partial charge on any atom is 0.316 e. The van der Waals surface area contributed by atoms with Crippen molar-refractivity contribution in [2.24, 2.45) is 0 Å². The number of amides is 2. The van der Waals surface area contributed by atoms with Gasteiger partial charge in [-0.25, -0.2) is 0 Å². The predicted octanol–water partition coefficient (Wildman–Crippen LogP) is 6.28. The summed E-state index contributed by atoms with van der Waals surface area (Å²) < 4.78 is 10.2. The number of aryl methyl sites for hydroxylation is 2. The first-order valence-electron chi connectivity index (χ1n) is 21.3. The molecule has 2 amide bonds. The molecule has 8 rings (SSSR count). The molecular weight excluding hydrogens is 745 g/mol. The highest BCUT2D eigenvalue weighted by Gasteiger charge is 2.43. The van der Waals surface area contributed by atoms with Crippen molar-refractivity contribution in [1.82, 2.24) is 28.9 Å². The quantitative estimate of drug-likeness (QED) is 0.209. The summed E-state index contributed by atoms with van der Waals surface area (Å²) in [6.45, 7) is 12.7. The van der Waals surface area contributed by atoms with E-state index in [0.717, 1.165) is 73.6 Å². The average molecular weight is 803 g/mol. The number of hydrogen-bond donors (Lipinski definition) is 1. The van der Waals surface area contributed by atoms with E-state index < -0.39 is 28.2 Å². The number of carbonyl (C=O) groups is 2. The number of nitrogens with zero attached hydrogens (tertiary/aromatic N) is 6. The fraction of sp³-hybridized carbons (Fsp3) is 0.532. The normalized spacial score (nSPS) is 18.6. The third kappa shape index (κ3) is 7.16. The smallest absolute Gasteiger partial charge is 0.316 e. The van der Waals surface area contributed by atoms with Crippen LogP contribution in [0.1, 0.15) is 138 Å². The Balaban J connectivity index is 1.17. The van der Waals surface area contributed by atoms with Crippen LogP contribution in [0.15, 0.2) is 46.0 Å². The lowest BCUT2D eigenvalue weighted by molar-refractivity contribution is 0.0728. The Bertz CT molecular complexity index is 2450. The lowest BCUT2D eigenvalue weighted by atomic mass is 9.71. The van der Waals surface area contributed by atoms with Crippen LogP contribution in [0.3, 0.4) is 0 Å². The number of hydrogen-bond acceptors (Lipinski definition) is 8. The van der Waals surface area contributed by atoms with Gasteiger partial charge >= 0.3 is 11.1 Å². The van der Waals surface area contributed by atoms with Crippen molar-refractivity contribution in [2.75, 3.05) is 27.2 Å². The number of rotatable bonds is 9. The highest BCUT2D eigenvalue weighted by Crippen LogP contribution is 2.47. The van der Waals surface area contributed by atoms with E-state index in [0.29, 0.717) is 50.7 Å². The topological polar surface area (TPSA) is 140 Å². The molecule has 2 fully saturated rings. The largest absolute Gasteiger partial charge is 0.501 e. The van der Waals surface area contributed by atoms with Gasteiger partial charge in [-0.1, -0.05) is 88.4 Å². The molecule has 2 aromatic heterocycles. The highest BCUT2D eigenvalue weighted by molar-refractivity contribution is 5.96. The van der Waals surface area contributed by atoms with E-state index in [1.165, 1.54) is 16.0 Å². The SMILES string of the molecule is Cc1cc(C)c(C2(Cc3nc(=O)c(O)c4n3CCN(C)C4=O)CCCC2)c(COc2c3n(c(CC4(c5ccc(C(C)(C)C)cc5)CCCC4)nc2=O)CCN(C)C3=O)c1. The number of likely N-dealkylation sites (N-methyl/N-ethyl adjacent to an activating group) is 2. The number of carbonyl (C=O) groups excluding carboxylic acids is 2. The molecule has 2 aliphatic heterocycles. The Labute approximate surface area is 346 Å². The summed E-state index contributed by atoms with van der Waals surface area (Å²) in [6, 6.07) is 13.2. The molecule has 312 valence electrons. The van der Waals surface area contributed by atoms with Gasteiger partial charge < -0.3 is 28.8 Å². The van der Waals surface area contributed by atoms with E-state index in [1.54, 1.807) is 23.6 Å². The first-order valence-corrected chi connectivity index (χ1v) is 21.3. The van der Waals surface area contributed by atoms with Crippen LogP contribution in [0, 0.1) is 13.8 Å². The minimum atomic E-state index is -0.805. The van der Waals surface area contributed by atoms with E-state index in [1.807, 2.05) is 11.5 Å². The summed E-state index contributed by atoms with van der Waals surface area (Å²) in [7, 11) is 3.42. The van der Waals surface area contributed by atoms with Crippen LogP contribution >= 0.6 is 0 Å². The molecule has 2 aromatic carbocycles. The van der Waals surface area contributed by atoms with Crippen molar-refractivity contribution in [3.05, 3.63) is 114 Å². The fourth-order valence-corrected chi connectivity index (χ4v) is 10.7. The van der Waals surface area contributed by atoms with E-state index >= 15 is 0 Å². The third-order valence-electron chi connectivity index (χ3n) is 13.8. The maximum atomic E-state index is 14.3. The van der Waals surface area contributed by atoms with Crippen LogP contribution in [-0.2, 0) is 48.8 Å². The van der Waals surface area contributed by atoms with Crippen LogP contribution in [0.2, 0.25) is 0 Å². The molecule has 0 unspecified atom stereocenters. The zero-order chi connectivity index (χ0) is 42.0. The van der Waals surface area contributed by atoms with Gasteiger partial charge in [-0.2, -0.15) is 9.97 Å². The van der Waals surface area contributed by atoms with Gasteiger partial charge in [0.15, 0.2) is 11.4 Å².